The fraction of sp³-hybridized carbons (Fsp3) is 0.538. The van der Waals surface area contributed by atoms with Gasteiger partial charge in [-0.2, -0.15) is 0 Å². The Hall–Kier alpha value is -0.550. The van der Waals surface area contributed by atoms with Gasteiger partial charge in [0.1, 0.15) is 0 Å². The van der Waals surface area contributed by atoms with Gasteiger partial charge in [0, 0.05) is 29.2 Å². The summed E-state index contributed by atoms with van der Waals surface area (Å²) in [6.07, 6.45) is 1.11. The Balaban J connectivity index is 1.87. The third-order valence-corrected chi connectivity index (χ3v) is 4.28. The van der Waals surface area contributed by atoms with Crippen molar-refractivity contribution in [2.24, 2.45) is 11.8 Å². The van der Waals surface area contributed by atoms with E-state index in [-0.39, 0.29) is 0 Å². The molecule has 2 unspecified atom stereocenters. The predicted molar refractivity (Wildman–Crippen MR) is 71.9 cm³/mol. The number of hydrogen-bond acceptors (Lipinski definition) is 4. The number of hydrogen-bond donors (Lipinski definition) is 2. The molecular formula is C13H20N2OS. The second kappa shape index (κ2) is 6.40. The number of rotatable bonds is 5. The minimum absolute atomic E-state index is 0.336. The Morgan fingerprint density at radius 3 is 3.12 bits per heavy atom. The van der Waals surface area contributed by atoms with E-state index in [1.807, 2.05) is 11.8 Å². The van der Waals surface area contributed by atoms with E-state index in [2.05, 4.69) is 36.6 Å². The van der Waals surface area contributed by atoms with Gasteiger partial charge in [-0.25, -0.2) is 0 Å². The number of nitrogens with one attached hydrogen (secondary N) is 1. The smallest absolute Gasteiger partial charge is 0.0510 e. The molecule has 0 amide bonds. The van der Waals surface area contributed by atoms with Crippen LogP contribution in [0.15, 0.2) is 29.2 Å². The highest BCUT2D eigenvalue weighted by Crippen LogP contribution is 2.24. The Kier molecular flexibility index (Phi) is 4.86. The summed E-state index contributed by atoms with van der Waals surface area (Å²) < 4.78 is 5.41. The molecule has 1 aromatic carbocycles. The van der Waals surface area contributed by atoms with Gasteiger partial charge in [-0.3, -0.25) is 11.3 Å². The fourth-order valence-electron chi connectivity index (χ4n) is 2.08. The average molecular weight is 252 g/mol. The van der Waals surface area contributed by atoms with Crippen LogP contribution in [0.2, 0.25) is 0 Å². The zero-order valence-corrected chi connectivity index (χ0v) is 11.0. The molecule has 0 saturated carbocycles. The zero-order valence-electron chi connectivity index (χ0n) is 10.2. The van der Waals surface area contributed by atoms with E-state index in [1.165, 1.54) is 10.5 Å². The van der Waals surface area contributed by atoms with Gasteiger partial charge in [0.2, 0.25) is 0 Å². The third-order valence-electron chi connectivity index (χ3n) is 3.17. The Bertz CT molecular complexity index is 353. The SMILES string of the molecule is Cc1cccc(SCC(NN)C2CCOC2)c1. The molecule has 3 nitrogen and oxygen atoms in total. The van der Waals surface area contributed by atoms with E-state index >= 15 is 0 Å². The van der Waals surface area contributed by atoms with Crippen LogP contribution in [-0.4, -0.2) is 25.0 Å². The van der Waals surface area contributed by atoms with Crippen molar-refractivity contribution in [2.75, 3.05) is 19.0 Å². The highest BCUT2D eigenvalue weighted by Gasteiger charge is 2.24. The molecule has 0 radical (unpaired) electrons. The van der Waals surface area contributed by atoms with Crippen molar-refractivity contribution in [1.82, 2.24) is 5.43 Å². The molecule has 0 aliphatic carbocycles. The summed E-state index contributed by atoms with van der Waals surface area (Å²) in [6.45, 7) is 3.83. The summed E-state index contributed by atoms with van der Waals surface area (Å²) in [5, 5.41) is 0. The van der Waals surface area contributed by atoms with E-state index in [9.17, 15) is 0 Å². The fourth-order valence-corrected chi connectivity index (χ4v) is 3.27. The topological polar surface area (TPSA) is 47.3 Å². The van der Waals surface area contributed by atoms with E-state index in [4.69, 9.17) is 10.6 Å². The Morgan fingerprint density at radius 1 is 1.59 bits per heavy atom. The van der Waals surface area contributed by atoms with Crippen molar-refractivity contribution in [3.05, 3.63) is 29.8 Å². The summed E-state index contributed by atoms with van der Waals surface area (Å²) in [5.41, 5.74) is 4.23. The number of ether oxygens (including phenoxy) is 1. The van der Waals surface area contributed by atoms with Gasteiger partial charge in [0.15, 0.2) is 0 Å². The number of benzene rings is 1. The van der Waals surface area contributed by atoms with Gasteiger partial charge in [0.25, 0.3) is 0 Å². The van der Waals surface area contributed by atoms with Crippen LogP contribution in [-0.2, 0) is 4.74 Å². The maximum atomic E-state index is 5.63. The van der Waals surface area contributed by atoms with Crippen LogP contribution in [0.25, 0.3) is 0 Å². The van der Waals surface area contributed by atoms with Gasteiger partial charge in [-0.05, 0) is 25.5 Å². The molecular weight excluding hydrogens is 232 g/mol. The van der Waals surface area contributed by atoms with Crippen LogP contribution in [0.3, 0.4) is 0 Å². The normalized spacial score (nSPS) is 21.6. The first-order valence-electron chi connectivity index (χ1n) is 6.03. The van der Waals surface area contributed by atoms with Crippen LogP contribution in [0.5, 0.6) is 0 Å². The molecule has 0 spiro atoms. The second-order valence-corrected chi connectivity index (χ2v) is 5.62. The lowest BCUT2D eigenvalue weighted by molar-refractivity contribution is 0.179. The van der Waals surface area contributed by atoms with Crippen molar-refractivity contribution in [1.29, 1.82) is 0 Å². The molecule has 1 aliphatic rings. The quantitative estimate of drug-likeness (QED) is 0.478. The van der Waals surface area contributed by atoms with E-state index < -0.39 is 0 Å². The number of hydrazine groups is 1. The number of aryl methyl sites for hydroxylation is 1. The first kappa shape index (κ1) is 12.9. The molecule has 17 heavy (non-hydrogen) atoms. The van der Waals surface area contributed by atoms with Crippen molar-refractivity contribution in [2.45, 2.75) is 24.3 Å². The lowest BCUT2D eigenvalue weighted by atomic mass is 10.0. The average Bonchev–Trinajstić information content (AvgIpc) is 2.84. The molecule has 94 valence electrons. The Morgan fingerprint density at radius 2 is 2.47 bits per heavy atom. The summed E-state index contributed by atoms with van der Waals surface area (Å²) in [6, 6.07) is 8.91. The summed E-state index contributed by atoms with van der Waals surface area (Å²) in [7, 11) is 0. The van der Waals surface area contributed by atoms with Crippen LogP contribution >= 0.6 is 11.8 Å². The lowest BCUT2D eigenvalue weighted by Gasteiger charge is -2.20. The molecule has 1 heterocycles. The maximum Gasteiger partial charge on any atom is 0.0510 e. The highest BCUT2D eigenvalue weighted by atomic mass is 32.2. The van der Waals surface area contributed by atoms with Gasteiger partial charge in [-0.15, -0.1) is 11.8 Å². The summed E-state index contributed by atoms with van der Waals surface area (Å²) >= 11 is 1.86. The monoisotopic (exact) mass is 252 g/mol. The van der Waals surface area contributed by atoms with E-state index in [0.717, 1.165) is 25.4 Å². The molecule has 1 fully saturated rings. The minimum Gasteiger partial charge on any atom is -0.381 e. The first-order valence-corrected chi connectivity index (χ1v) is 7.01. The molecule has 1 aromatic rings. The molecule has 2 atom stereocenters. The minimum atomic E-state index is 0.336. The molecule has 3 N–H and O–H groups in total. The van der Waals surface area contributed by atoms with Crippen molar-refractivity contribution in [3.63, 3.8) is 0 Å². The molecule has 1 saturated heterocycles. The highest BCUT2D eigenvalue weighted by molar-refractivity contribution is 7.99. The van der Waals surface area contributed by atoms with E-state index in [0.29, 0.717) is 12.0 Å². The second-order valence-electron chi connectivity index (χ2n) is 4.52. The zero-order chi connectivity index (χ0) is 12.1. The van der Waals surface area contributed by atoms with Gasteiger partial charge < -0.3 is 4.74 Å². The van der Waals surface area contributed by atoms with Crippen LogP contribution in [0.1, 0.15) is 12.0 Å². The van der Waals surface area contributed by atoms with Gasteiger partial charge in [-0.1, -0.05) is 17.7 Å². The molecule has 0 aromatic heterocycles. The van der Waals surface area contributed by atoms with Crippen molar-refractivity contribution >= 4 is 11.8 Å². The standard InChI is InChI=1S/C13H20N2OS/c1-10-3-2-4-12(7-10)17-9-13(15-14)11-5-6-16-8-11/h2-4,7,11,13,15H,5-6,8-9,14H2,1H3. The predicted octanol–water partition coefficient (Wildman–Crippen LogP) is 1.96. The lowest BCUT2D eigenvalue weighted by Crippen LogP contribution is -2.43. The Labute approximate surface area is 107 Å². The van der Waals surface area contributed by atoms with Crippen molar-refractivity contribution < 1.29 is 4.74 Å². The van der Waals surface area contributed by atoms with E-state index in [1.54, 1.807) is 0 Å². The first-order chi connectivity index (χ1) is 8.29. The molecule has 1 aliphatic heterocycles. The van der Waals surface area contributed by atoms with Crippen LogP contribution in [0, 0.1) is 12.8 Å². The van der Waals surface area contributed by atoms with Crippen LogP contribution in [0.4, 0.5) is 0 Å². The van der Waals surface area contributed by atoms with Gasteiger partial charge >= 0.3 is 0 Å². The maximum absolute atomic E-state index is 5.63. The van der Waals surface area contributed by atoms with Crippen LogP contribution < -0.4 is 11.3 Å². The van der Waals surface area contributed by atoms with Crippen molar-refractivity contribution in [3.8, 4) is 0 Å². The third kappa shape index (κ3) is 3.71. The summed E-state index contributed by atoms with van der Waals surface area (Å²) in [5.74, 6) is 7.17. The largest absolute Gasteiger partial charge is 0.381 e. The van der Waals surface area contributed by atoms with Gasteiger partial charge in [0.05, 0.1) is 6.61 Å². The number of nitrogens with two attached hydrogens (primary N) is 1. The molecule has 2 rings (SSSR count). The molecule has 0 bridgehead atoms. The molecule has 4 heteroatoms. The number of thioether (sulfide) groups is 1. The summed E-state index contributed by atoms with van der Waals surface area (Å²) in [4.78, 5) is 1.31.